The number of likely N-dealkylation sites (tertiary alicyclic amines) is 1. The average molecular weight is 298 g/mol. The highest BCUT2D eigenvalue weighted by atomic mass is 16.4. The summed E-state index contributed by atoms with van der Waals surface area (Å²) in [6.07, 6.45) is 3.01. The van der Waals surface area contributed by atoms with E-state index >= 15 is 0 Å². The number of nitrogens with zero attached hydrogens (tertiary/aromatic N) is 1. The molecule has 4 nitrogen and oxygen atoms in total. The first kappa shape index (κ1) is 14.9. The molecule has 0 radical (unpaired) electrons. The number of rotatable bonds is 4. The molecule has 1 fully saturated rings. The van der Waals surface area contributed by atoms with Crippen molar-refractivity contribution in [2.24, 2.45) is 5.73 Å². The van der Waals surface area contributed by atoms with Crippen molar-refractivity contribution >= 4 is 5.91 Å². The Morgan fingerprint density at radius 2 is 2.05 bits per heavy atom. The smallest absolute Gasteiger partial charge is 0.289 e. The van der Waals surface area contributed by atoms with E-state index in [2.05, 4.69) is 19.1 Å². The standard InChI is InChI=1S/C18H22N2O2/c1-2-13-5-7-14(8-6-13)16-9-10-17(22-16)18(21)20-11-3-4-15(20)12-19/h5-10,15H,2-4,11-12,19H2,1H3. The SMILES string of the molecule is CCc1ccc(-c2ccc(C(=O)N3CCCC3CN)o2)cc1. The average Bonchev–Trinajstić information content (AvgIpc) is 3.23. The second kappa shape index (κ2) is 6.36. The summed E-state index contributed by atoms with van der Waals surface area (Å²) < 4.78 is 5.78. The highest BCUT2D eigenvalue weighted by Gasteiger charge is 2.30. The maximum absolute atomic E-state index is 12.5. The summed E-state index contributed by atoms with van der Waals surface area (Å²) in [5, 5.41) is 0. The molecule has 4 heteroatoms. The first-order valence-electron chi connectivity index (χ1n) is 7.93. The third-order valence-corrected chi connectivity index (χ3v) is 4.37. The van der Waals surface area contributed by atoms with Crippen LogP contribution in [0.2, 0.25) is 0 Å². The molecule has 1 amide bonds. The largest absolute Gasteiger partial charge is 0.451 e. The summed E-state index contributed by atoms with van der Waals surface area (Å²) in [4.78, 5) is 14.4. The molecule has 1 aliphatic rings. The highest BCUT2D eigenvalue weighted by Crippen LogP contribution is 2.25. The third-order valence-electron chi connectivity index (χ3n) is 4.37. The van der Waals surface area contributed by atoms with Crippen LogP contribution in [0.3, 0.4) is 0 Å². The predicted molar refractivity (Wildman–Crippen MR) is 86.6 cm³/mol. The molecule has 1 aromatic heterocycles. The van der Waals surface area contributed by atoms with Gasteiger partial charge in [0.05, 0.1) is 0 Å². The van der Waals surface area contributed by atoms with E-state index in [0.29, 0.717) is 12.3 Å². The summed E-state index contributed by atoms with van der Waals surface area (Å²) >= 11 is 0. The maximum Gasteiger partial charge on any atom is 0.289 e. The zero-order valence-corrected chi connectivity index (χ0v) is 12.9. The first-order chi connectivity index (χ1) is 10.7. The fourth-order valence-corrected chi connectivity index (χ4v) is 3.00. The lowest BCUT2D eigenvalue weighted by Gasteiger charge is -2.22. The van der Waals surface area contributed by atoms with E-state index in [1.807, 2.05) is 23.1 Å². The van der Waals surface area contributed by atoms with E-state index in [1.54, 1.807) is 6.07 Å². The van der Waals surface area contributed by atoms with Gasteiger partial charge in [0, 0.05) is 24.7 Å². The van der Waals surface area contributed by atoms with Crippen LogP contribution >= 0.6 is 0 Å². The minimum absolute atomic E-state index is 0.0515. The van der Waals surface area contributed by atoms with Gasteiger partial charge in [-0.15, -0.1) is 0 Å². The van der Waals surface area contributed by atoms with Crippen LogP contribution in [0.1, 0.15) is 35.9 Å². The van der Waals surface area contributed by atoms with Crippen LogP contribution in [0.25, 0.3) is 11.3 Å². The quantitative estimate of drug-likeness (QED) is 0.943. The number of hydrogen-bond acceptors (Lipinski definition) is 3. The lowest BCUT2D eigenvalue weighted by Crippen LogP contribution is -2.39. The van der Waals surface area contributed by atoms with E-state index in [-0.39, 0.29) is 11.9 Å². The minimum Gasteiger partial charge on any atom is -0.451 e. The van der Waals surface area contributed by atoms with E-state index < -0.39 is 0 Å². The molecule has 0 saturated carbocycles. The number of aryl methyl sites for hydroxylation is 1. The van der Waals surface area contributed by atoms with E-state index in [1.165, 1.54) is 5.56 Å². The Kier molecular flexibility index (Phi) is 4.29. The third kappa shape index (κ3) is 2.79. The molecule has 0 aliphatic carbocycles. The second-order valence-corrected chi connectivity index (χ2v) is 5.74. The summed E-state index contributed by atoms with van der Waals surface area (Å²) in [6.45, 7) is 3.41. The summed E-state index contributed by atoms with van der Waals surface area (Å²) in [5.74, 6) is 1.08. The van der Waals surface area contributed by atoms with Gasteiger partial charge >= 0.3 is 0 Å². The molecule has 1 saturated heterocycles. The molecule has 0 spiro atoms. The Hall–Kier alpha value is -2.07. The molecule has 3 rings (SSSR count). The Balaban J connectivity index is 1.79. The summed E-state index contributed by atoms with van der Waals surface area (Å²) in [6, 6.07) is 12.0. The van der Waals surface area contributed by atoms with Gasteiger partial charge in [-0.05, 0) is 37.0 Å². The molecule has 2 aromatic rings. The van der Waals surface area contributed by atoms with E-state index in [4.69, 9.17) is 10.2 Å². The normalized spacial score (nSPS) is 17.9. The Morgan fingerprint density at radius 3 is 2.73 bits per heavy atom. The maximum atomic E-state index is 12.5. The molecule has 1 aliphatic heterocycles. The van der Waals surface area contributed by atoms with Gasteiger partial charge < -0.3 is 15.1 Å². The van der Waals surface area contributed by atoms with Crippen molar-refractivity contribution in [2.75, 3.05) is 13.1 Å². The zero-order valence-electron chi connectivity index (χ0n) is 12.9. The summed E-state index contributed by atoms with van der Waals surface area (Å²) in [7, 11) is 0. The van der Waals surface area contributed by atoms with Gasteiger partial charge in [0.2, 0.25) is 0 Å². The van der Waals surface area contributed by atoms with Gasteiger partial charge in [-0.2, -0.15) is 0 Å². The van der Waals surface area contributed by atoms with E-state index in [0.717, 1.165) is 37.1 Å². The van der Waals surface area contributed by atoms with Crippen molar-refractivity contribution in [1.82, 2.24) is 4.90 Å². The Labute approximate surface area is 130 Å². The monoisotopic (exact) mass is 298 g/mol. The molecule has 116 valence electrons. The predicted octanol–water partition coefficient (Wildman–Crippen LogP) is 3.07. The molecule has 0 bridgehead atoms. The number of benzene rings is 1. The number of carbonyl (C=O) groups is 1. The molecule has 22 heavy (non-hydrogen) atoms. The number of carbonyl (C=O) groups excluding carboxylic acids is 1. The topological polar surface area (TPSA) is 59.5 Å². The molecule has 1 atom stereocenters. The molecular formula is C18H22N2O2. The number of nitrogens with two attached hydrogens (primary N) is 1. The van der Waals surface area contributed by atoms with Crippen molar-refractivity contribution in [3.8, 4) is 11.3 Å². The molecule has 1 unspecified atom stereocenters. The van der Waals surface area contributed by atoms with Gasteiger partial charge in [0.1, 0.15) is 5.76 Å². The van der Waals surface area contributed by atoms with Gasteiger partial charge in [0.15, 0.2) is 5.76 Å². The Morgan fingerprint density at radius 1 is 1.27 bits per heavy atom. The van der Waals surface area contributed by atoms with Gasteiger partial charge in [-0.3, -0.25) is 4.79 Å². The van der Waals surface area contributed by atoms with Crippen molar-refractivity contribution in [2.45, 2.75) is 32.2 Å². The number of furan rings is 1. The first-order valence-corrected chi connectivity index (χ1v) is 7.93. The lowest BCUT2D eigenvalue weighted by atomic mass is 10.1. The fourth-order valence-electron chi connectivity index (χ4n) is 3.00. The van der Waals surface area contributed by atoms with Crippen LogP contribution in [0.15, 0.2) is 40.8 Å². The van der Waals surface area contributed by atoms with Crippen LogP contribution in [0, 0.1) is 0 Å². The lowest BCUT2D eigenvalue weighted by molar-refractivity contribution is 0.0710. The minimum atomic E-state index is -0.0515. The number of amides is 1. The van der Waals surface area contributed by atoms with Gasteiger partial charge in [-0.1, -0.05) is 31.2 Å². The van der Waals surface area contributed by atoms with Crippen LogP contribution in [-0.4, -0.2) is 29.9 Å². The molecule has 2 heterocycles. The van der Waals surface area contributed by atoms with E-state index in [9.17, 15) is 4.79 Å². The zero-order chi connectivity index (χ0) is 15.5. The molecule has 2 N–H and O–H groups in total. The highest BCUT2D eigenvalue weighted by molar-refractivity contribution is 5.92. The van der Waals surface area contributed by atoms with Crippen LogP contribution in [-0.2, 0) is 6.42 Å². The summed E-state index contributed by atoms with van der Waals surface area (Å²) in [5.41, 5.74) is 8.02. The Bertz CT molecular complexity index is 645. The second-order valence-electron chi connectivity index (χ2n) is 5.74. The van der Waals surface area contributed by atoms with Crippen LogP contribution in [0.4, 0.5) is 0 Å². The molecule has 1 aromatic carbocycles. The van der Waals surface area contributed by atoms with Crippen LogP contribution < -0.4 is 5.73 Å². The van der Waals surface area contributed by atoms with Crippen molar-refractivity contribution in [1.29, 1.82) is 0 Å². The van der Waals surface area contributed by atoms with Gasteiger partial charge in [-0.25, -0.2) is 0 Å². The molecular weight excluding hydrogens is 276 g/mol. The fraction of sp³-hybridized carbons (Fsp3) is 0.389. The number of hydrogen-bond donors (Lipinski definition) is 1. The van der Waals surface area contributed by atoms with Crippen molar-refractivity contribution in [3.05, 3.63) is 47.7 Å². The van der Waals surface area contributed by atoms with Gasteiger partial charge in [0.25, 0.3) is 5.91 Å². The van der Waals surface area contributed by atoms with Crippen molar-refractivity contribution in [3.63, 3.8) is 0 Å². The van der Waals surface area contributed by atoms with Crippen LogP contribution in [0.5, 0.6) is 0 Å². The van der Waals surface area contributed by atoms with Crippen molar-refractivity contribution < 1.29 is 9.21 Å².